The Bertz CT molecular complexity index is 924. The smallest absolute Gasteiger partial charge is 0.271 e. The van der Waals surface area contributed by atoms with Gasteiger partial charge in [-0.15, -0.1) is 10.2 Å². The van der Waals surface area contributed by atoms with E-state index in [-0.39, 0.29) is 17.4 Å². The van der Waals surface area contributed by atoms with Gasteiger partial charge < -0.3 is 10.6 Å². The second kappa shape index (κ2) is 8.71. The average Bonchev–Trinajstić information content (AvgIpc) is 2.69. The van der Waals surface area contributed by atoms with E-state index in [1.165, 1.54) is 6.92 Å². The Hall–Kier alpha value is -3.54. The highest BCUT2D eigenvalue weighted by atomic mass is 16.2. The molecule has 3 rings (SSSR count). The molecule has 2 aromatic carbocycles. The molecule has 6 nitrogen and oxygen atoms in total. The molecule has 3 aromatic rings. The molecule has 0 radical (unpaired) electrons. The fourth-order valence-corrected chi connectivity index (χ4v) is 2.54. The van der Waals surface area contributed by atoms with Gasteiger partial charge in [0.15, 0.2) is 17.3 Å². The summed E-state index contributed by atoms with van der Waals surface area (Å²) in [5.41, 5.74) is 2.77. The van der Waals surface area contributed by atoms with E-state index in [0.29, 0.717) is 17.9 Å². The number of nitrogens with zero attached hydrogens (tertiary/aromatic N) is 2. The summed E-state index contributed by atoms with van der Waals surface area (Å²) in [6, 6.07) is 20.4. The Morgan fingerprint density at radius 2 is 1.74 bits per heavy atom. The number of aromatic nitrogens is 2. The van der Waals surface area contributed by atoms with Crippen molar-refractivity contribution in [3.05, 3.63) is 83.6 Å². The minimum Gasteiger partial charge on any atom is -0.350 e. The second-order valence-corrected chi connectivity index (χ2v) is 6.06. The van der Waals surface area contributed by atoms with Crippen LogP contribution in [-0.4, -0.2) is 28.4 Å². The maximum atomic E-state index is 12.2. The first-order chi connectivity index (χ1) is 13.1. The first-order valence-electron chi connectivity index (χ1n) is 8.66. The van der Waals surface area contributed by atoms with Crippen LogP contribution in [0.5, 0.6) is 0 Å². The number of nitrogens with one attached hydrogen (secondary N) is 2. The highest BCUT2D eigenvalue weighted by molar-refractivity contribution is 5.95. The van der Waals surface area contributed by atoms with Gasteiger partial charge in [0.25, 0.3) is 5.91 Å². The van der Waals surface area contributed by atoms with E-state index < -0.39 is 0 Å². The van der Waals surface area contributed by atoms with Gasteiger partial charge in [-0.3, -0.25) is 9.59 Å². The molecule has 136 valence electrons. The molecular formula is C21H20N4O2. The van der Waals surface area contributed by atoms with Crippen molar-refractivity contribution >= 4 is 23.2 Å². The van der Waals surface area contributed by atoms with Crippen molar-refractivity contribution in [3.63, 3.8) is 0 Å². The van der Waals surface area contributed by atoms with Crippen LogP contribution in [0.2, 0.25) is 0 Å². The number of ketones is 1. The Balaban J connectivity index is 1.55. The van der Waals surface area contributed by atoms with Crippen LogP contribution in [0.25, 0.3) is 0 Å². The molecule has 0 atom stereocenters. The Labute approximate surface area is 157 Å². The van der Waals surface area contributed by atoms with Gasteiger partial charge in [0.1, 0.15) is 0 Å². The van der Waals surface area contributed by atoms with Crippen LogP contribution in [0.4, 0.5) is 11.5 Å². The number of anilines is 2. The first kappa shape index (κ1) is 18.3. The van der Waals surface area contributed by atoms with Crippen LogP contribution >= 0.6 is 0 Å². The van der Waals surface area contributed by atoms with Gasteiger partial charge in [0.2, 0.25) is 0 Å². The number of rotatable bonds is 7. The van der Waals surface area contributed by atoms with Crippen LogP contribution in [0.3, 0.4) is 0 Å². The van der Waals surface area contributed by atoms with Crippen LogP contribution in [0.15, 0.2) is 66.7 Å². The third-order valence-corrected chi connectivity index (χ3v) is 3.98. The summed E-state index contributed by atoms with van der Waals surface area (Å²) in [6.45, 7) is 2.05. The van der Waals surface area contributed by atoms with Crippen LogP contribution < -0.4 is 10.6 Å². The number of benzene rings is 2. The van der Waals surface area contributed by atoms with Gasteiger partial charge >= 0.3 is 0 Å². The van der Waals surface area contributed by atoms with Crippen LogP contribution in [0, 0.1) is 0 Å². The van der Waals surface area contributed by atoms with E-state index >= 15 is 0 Å². The molecule has 0 aliphatic heterocycles. The summed E-state index contributed by atoms with van der Waals surface area (Å²) in [6.07, 6.45) is 0.756. The number of Topliss-reactive ketones (excluding diaryl/α,β-unsaturated/α-hetero) is 1. The lowest BCUT2D eigenvalue weighted by molar-refractivity contribution is 0.0947. The molecule has 2 N–H and O–H groups in total. The van der Waals surface area contributed by atoms with Crippen molar-refractivity contribution < 1.29 is 9.59 Å². The number of hydrogen-bond donors (Lipinski definition) is 2. The molecule has 0 bridgehead atoms. The molecule has 1 aromatic heterocycles. The number of amides is 1. The maximum absolute atomic E-state index is 12.2. The molecule has 1 heterocycles. The van der Waals surface area contributed by atoms with Gasteiger partial charge in [-0.2, -0.15) is 0 Å². The average molecular weight is 360 g/mol. The zero-order valence-corrected chi connectivity index (χ0v) is 15.0. The summed E-state index contributed by atoms with van der Waals surface area (Å²) < 4.78 is 0. The van der Waals surface area contributed by atoms with Gasteiger partial charge in [0.05, 0.1) is 0 Å². The molecule has 6 heteroatoms. The van der Waals surface area contributed by atoms with E-state index in [0.717, 1.165) is 17.7 Å². The molecule has 0 fully saturated rings. The van der Waals surface area contributed by atoms with Crippen molar-refractivity contribution in [2.45, 2.75) is 13.3 Å². The van der Waals surface area contributed by atoms with Crippen molar-refractivity contribution in [1.29, 1.82) is 0 Å². The SMILES string of the molecule is CC(=O)c1cccc(Nc2ccc(C(=O)NCCc3ccccc3)nn2)c1. The number of carbonyl (C=O) groups excluding carboxylic acids is 2. The lowest BCUT2D eigenvalue weighted by Crippen LogP contribution is -2.26. The van der Waals surface area contributed by atoms with Gasteiger partial charge in [0, 0.05) is 17.8 Å². The van der Waals surface area contributed by atoms with Crippen LogP contribution in [0.1, 0.15) is 33.3 Å². The summed E-state index contributed by atoms with van der Waals surface area (Å²) >= 11 is 0. The summed E-state index contributed by atoms with van der Waals surface area (Å²) in [5.74, 6) is 0.229. The highest BCUT2D eigenvalue weighted by Gasteiger charge is 2.08. The van der Waals surface area contributed by atoms with E-state index in [9.17, 15) is 9.59 Å². The third kappa shape index (κ3) is 5.22. The fraction of sp³-hybridized carbons (Fsp3) is 0.143. The third-order valence-electron chi connectivity index (χ3n) is 3.98. The van der Waals surface area contributed by atoms with Crippen LogP contribution in [-0.2, 0) is 6.42 Å². The largest absolute Gasteiger partial charge is 0.350 e. The molecule has 0 unspecified atom stereocenters. The number of hydrogen-bond acceptors (Lipinski definition) is 5. The minimum absolute atomic E-state index is 0.00717. The molecule has 0 saturated heterocycles. The van der Waals surface area contributed by atoms with E-state index in [1.54, 1.807) is 30.3 Å². The zero-order chi connectivity index (χ0) is 19.1. The standard InChI is InChI=1S/C21H20N4O2/c1-15(26)17-8-5-9-18(14-17)23-20-11-10-19(24-25-20)21(27)22-13-12-16-6-3-2-4-7-16/h2-11,14H,12-13H2,1H3,(H,22,27)(H,23,25). The predicted octanol–water partition coefficient (Wildman–Crippen LogP) is 3.40. The molecule has 27 heavy (non-hydrogen) atoms. The monoisotopic (exact) mass is 360 g/mol. The van der Waals surface area contributed by atoms with Crippen molar-refractivity contribution in [2.75, 3.05) is 11.9 Å². The lowest BCUT2D eigenvalue weighted by Gasteiger charge is -2.07. The molecule has 0 aliphatic rings. The van der Waals surface area contributed by atoms with E-state index in [1.807, 2.05) is 36.4 Å². The topological polar surface area (TPSA) is 84.0 Å². The normalized spacial score (nSPS) is 10.3. The van der Waals surface area contributed by atoms with E-state index in [4.69, 9.17) is 0 Å². The first-order valence-corrected chi connectivity index (χ1v) is 8.66. The number of carbonyl (C=O) groups is 2. The van der Waals surface area contributed by atoms with Gasteiger partial charge in [-0.1, -0.05) is 42.5 Å². The second-order valence-electron chi connectivity index (χ2n) is 6.06. The summed E-state index contributed by atoms with van der Waals surface area (Å²) in [4.78, 5) is 23.6. The Morgan fingerprint density at radius 3 is 2.44 bits per heavy atom. The maximum Gasteiger partial charge on any atom is 0.271 e. The molecule has 0 saturated carbocycles. The Kier molecular flexibility index (Phi) is 5.89. The summed E-state index contributed by atoms with van der Waals surface area (Å²) in [7, 11) is 0. The molecule has 0 spiro atoms. The van der Waals surface area contributed by atoms with Gasteiger partial charge in [-0.25, -0.2) is 0 Å². The highest BCUT2D eigenvalue weighted by Crippen LogP contribution is 2.16. The molecule has 1 amide bonds. The predicted molar refractivity (Wildman–Crippen MR) is 104 cm³/mol. The zero-order valence-electron chi connectivity index (χ0n) is 15.0. The quantitative estimate of drug-likeness (QED) is 0.631. The minimum atomic E-state index is -0.261. The fourth-order valence-electron chi connectivity index (χ4n) is 2.54. The van der Waals surface area contributed by atoms with Gasteiger partial charge in [-0.05, 0) is 43.2 Å². The van der Waals surface area contributed by atoms with Crippen molar-refractivity contribution in [2.24, 2.45) is 0 Å². The Morgan fingerprint density at radius 1 is 0.926 bits per heavy atom. The molecule has 0 aliphatic carbocycles. The summed E-state index contributed by atoms with van der Waals surface area (Å²) in [5, 5.41) is 13.9. The lowest BCUT2D eigenvalue weighted by atomic mass is 10.1. The molecular weight excluding hydrogens is 340 g/mol. The van der Waals surface area contributed by atoms with Crippen molar-refractivity contribution in [1.82, 2.24) is 15.5 Å². The van der Waals surface area contributed by atoms with Crippen molar-refractivity contribution in [3.8, 4) is 0 Å². The van der Waals surface area contributed by atoms with E-state index in [2.05, 4.69) is 20.8 Å².